The molecule has 1 saturated heterocycles. The number of phenols is 1. The van der Waals surface area contributed by atoms with Crippen LogP contribution in [0.4, 0.5) is 23.4 Å². The number of nitrogens with zero attached hydrogens (tertiary/aromatic N) is 5. The number of phenolic OH excluding ortho intramolecular Hbond substituents is 1. The van der Waals surface area contributed by atoms with E-state index in [4.69, 9.17) is 10.1 Å². The van der Waals surface area contributed by atoms with Gasteiger partial charge in [0.05, 0.1) is 11.6 Å². The van der Waals surface area contributed by atoms with Crippen molar-refractivity contribution in [1.29, 1.82) is 5.41 Å². The fourth-order valence-electron chi connectivity index (χ4n) is 4.14. The molecule has 0 radical (unpaired) electrons. The van der Waals surface area contributed by atoms with Gasteiger partial charge in [-0.15, -0.1) is 0 Å². The van der Waals surface area contributed by atoms with Crippen molar-refractivity contribution in [2.75, 3.05) is 31.1 Å². The van der Waals surface area contributed by atoms with Gasteiger partial charge in [-0.05, 0) is 37.3 Å². The van der Waals surface area contributed by atoms with Crippen LogP contribution in [0.5, 0.6) is 11.8 Å². The maximum absolute atomic E-state index is 14.7. The van der Waals surface area contributed by atoms with Gasteiger partial charge in [-0.25, -0.2) is 4.39 Å². The first-order chi connectivity index (χ1) is 18.5. The van der Waals surface area contributed by atoms with E-state index < -0.39 is 46.2 Å². The third-order valence-corrected chi connectivity index (χ3v) is 6.01. The van der Waals surface area contributed by atoms with Crippen LogP contribution in [0.15, 0.2) is 53.6 Å². The van der Waals surface area contributed by atoms with E-state index in [0.717, 1.165) is 30.5 Å². The molecule has 0 spiro atoms. The van der Waals surface area contributed by atoms with Crippen molar-refractivity contribution in [3.8, 4) is 17.4 Å². The second-order valence-electron chi connectivity index (χ2n) is 8.32. The van der Waals surface area contributed by atoms with E-state index in [0.29, 0.717) is 6.07 Å². The molecule has 4 rings (SSSR count). The molecule has 0 unspecified atom stereocenters. The number of ether oxygens (including phenoxy) is 1. The number of para-hydroxylation sites is 1. The molecule has 0 saturated carbocycles. The van der Waals surface area contributed by atoms with Crippen molar-refractivity contribution in [1.82, 2.24) is 19.4 Å². The lowest BCUT2D eigenvalue weighted by atomic mass is 10.1. The van der Waals surface area contributed by atoms with E-state index in [9.17, 15) is 32.3 Å². The molecule has 1 amide bonds. The summed E-state index contributed by atoms with van der Waals surface area (Å²) in [5.41, 5.74) is -4.49. The molecule has 1 aromatic carbocycles. The number of nitrogens with one attached hydrogen (secondary N) is 1. The Morgan fingerprint density at radius 1 is 1.21 bits per heavy atom. The number of aromatic hydroxyl groups is 1. The second kappa shape index (κ2) is 10.6. The Hall–Kier alpha value is -4.75. The Kier molecular flexibility index (Phi) is 7.38. The zero-order valence-corrected chi connectivity index (χ0v) is 20.5. The van der Waals surface area contributed by atoms with E-state index in [1.165, 1.54) is 11.0 Å². The van der Waals surface area contributed by atoms with Crippen LogP contribution in [0.25, 0.3) is 16.6 Å². The molecule has 0 aliphatic carbocycles. The summed E-state index contributed by atoms with van der Waals surface area (Å²) in [6.07, 6.45) is -1.76. The normalized spacial score (nSPS) is 14.4. The molecule has 1 aliphatic heterocycles. The summed E-state index contributed by atoms with van der Waals surface area (Å²) in [5.74, 6) is -2.58. The highest BCUT2D eigenvalue weighted by Gasteiger charge is 2.38. The Morgan fingerprint density at radius 2 is 1.90 bits per heavy atom. The van der Waals surface area contributed by atoms with Gasteiger partial charge < -0.3 is 25.1 Å². The zero-order valence-electron chi connectivity index (χ0n) is 20.5. The van der Waals surface area contributed by atoms with Crippen LogP contribution >= 0.6 is 0 Å². The van der Waals surface area contributed by atoms with E-state index in [2.05, 4.69) is 16.5 Å². The Labute approximate surface area is 218 Å². The fraction of sp³-hybridized carbons (Fsp3) is 0.240. The number of halogens is 4. The molecule has 0 atom stereocenters. The van der Waals surface area contributed by atoms with Crippen LogP contribution in [0, 0.1) is 11.2 Å². The molecule has 204 valence electrons. The Morgan fingerprint density at radius 3 is 2.46 bits per heavy atom. The number of hydrogen-bond acceptors (Lipinski definition) is 8. The van der Waals surface area contributed by atoms with Crippen molar-refractivity contribution in [2.24, 2.45) is 0 Å². The number of rotatable bonds is 6. The quantitative estimate of drug-likeness (QED) is 0.210. The van der Waals surface area contributed by atoms with Crippen LogP contribution in [0.1, 0.15) is 12.6 Å². The van der Waals surface area contributed by atoms with E-state index in [-0.39, 0.29) is 53.6 Å². The molecule has 2 N–H and O–H groups in total. The summed E-state index contributed by atoms with van der Waals surface area (Å²) in [6.45, 7) is 5.68. The van der Waals surface area contributed by atoms with E-state index in [1.807, 2.05) is 0 Å². The predicted molar refractivity (Wildman–Crippen MR) is 134 cm³/mol. The lowest BCUT2D eigenvalue weighted by molar-refractivity contribution is -0.142. The molecule has 10 nitrogen and oxygen atoms in total. The molecule has 0 bridgehead atoms. The van der Waals surface area contributed by atoms with Crippen molar-refractivity contribution < 1.29 is 32.2 Å². The topological polar surface area (TPSA) is 125 Å². The largest absolute Gasteiger partial charge is 0.506 e. The molecule has 2 aromatic heterocycles. The summed E-state index contributed by atoms with van der Waals surface area (Å²) >= 11 is 0. The number of pyridine rings is 1. The standard InChI is InChI=1S/C25H22F4N6O4/c1-3-14(13-30)39-24-31-20-15(22(32-24)34-10-8-33(9-11-34)19(37)4-2)12-18(25(27,28)29)35(23(20)38)21-16(26)6-5-7-17(21)36/h3-7,12-13,30,36H,2,8-11H2,1H3/b14-3+,30-13?. The van der Waals surface area contributed by atoms with Gasteiger partial charge in [-0.3, -0.25) is 14.2 Å². The van der Waals surface area contributed by atoms with Crippen LogP contribution in [-0.4, -0.2) is 62.8 Å². The van der Waals surface area contributed by atoms with Crippen molar-refractivity contribution in [3.63, 3.8) is 0 Å². The minimum absolute atomic E-state index is 0.0133. The third-order valence-electron chi connectivity index (χ3n) is 6.01. The predicted octanol–water partition coefficient (Wildman–Crippen LogP) is 3.41. The number of carbonyl (C=O) groups is 1. The highest BCUT2D eigenvalue weighted by Crippen LogP contribution is 2.37. The van der Waals surface area contributed by atoms with Gasteiger partial charge in [0.2, 0.25) is 5.91 Å². The number of fused-ring (bicyclic) bond motifs is 1. The molecular formula is C25H22F4N6O4. The Balaban J connectivity index is 2.02. The number of alkyl halides is 3. The number of aromatic nitrogens is 3. The second-order valence-corrected chi connectivity index (χ2v) is 8.32. The van der Waals surface area contributed by atoms with Crippen LogP contribution < -0.4 is 15.2 Å². The number of allylic oxidation sites excluding steroid dienone is 2. The van der Waals surface area contributed by atoms with Gasteiger partial charge in [0.15, 0.2) is 5.82 Å². The summed E-state index contributed by atoms with van der Waals surface area (Å²) in [5, 5.41) is 17.4. The maximum atomic E-state index is 14.7. The average Bonchev–Trinajstić information content (AvgIpc) is 2.91. The van der Waals surface area contributed by atoms with Crippen molar-refractivity contribution in [2.45, 2.75) is 13.1 Å². The SMILES string of the molecule is C=CC(=O)N1CCN(c2nc(O/C(C=N)=C/C)nc3c(=O)n(-c4c(O)cccc4F)c(C(F)(F)F)cc23)CC1. The van der Waals surface area contributed by atoms with Gasteiger partial charge >= 0.3 is 12.2 Å². The summed E-state index contributed by atoms with van der Waals surface area (Å²) in [4.78, 5) is 36.9. The third kappa shape index (κ3) is 5.17. The highest BCUT2D eigenvalue weighted by molar-refractivity contribution is 5.91. The zero-order chi connectivity index (χ0) is 28.5. The summed E-state index contributed by atoms with van der Waals surface area (Å²) in [7, 11) is 0. The van der Waals surface area contributed by atoms with Crippen LogP contribution in [0.2, 0.25) is 0 Å². The molecule has 3 aromatic rings. The van der Waals surface area contributed by atoms with Crippen LogP contribution in [0.3, 0.4) is 0 Å². The maximum Gasteiger partial charge on any atom is 0.431 e. The average molecular weight is 546 g/mol. The van der Waals surface area contributed by atoms with E-state index >= 15 is 0 Å². The highest BCUT2D eigenvalue weighted by atomic mass is 19.4. The first-order valence-corrected chi connectivity index (χ1v) is 11.5. The smallest absolute Gasteiger partial charge is 0.431 e. The van der Waals surface area contributed by atoms with Gasteiger partial charge in [0.1, 0.15) is 34.2 Å². The molecule has 39 heavy (non-hydrogen) atoms. The van der Waals surface area contributed by atoms with Gasteiger partial charge in [0, 0.05) is 26.2 Å². The lowest BCUT2D eigenvalue weighted by Crippen LogP contribution is -2.48. The first kappa shape index (κ1) is 27.3. The van der Waals surface area contributed by atoms with Gasteiger partial charge in [-0.2, -0.15) is 23.1 Å². The lowest BCUT2D eigenvalue weighted by Gasteiger charge is -2.35. The van der Waals surface area contributed by atoms with Crippen molar-refractivity contribution >= 4 is 28.8 Å². The van der Waals surface area contributed by atoms with Crippen LogP contribution in [-0.2, 0) is 11.0 Å². The molecular weight excluding hydrogens is 524 g/mol. The monoisotopic (exact) mass is 546 g/mol. The molecule has 14 heteroatoms. The molecule has 1 aliphatic rings. The summed E-state index contributed by atoms with van der Waals surface area (Å²) < 4.78 is 63.0. The number of hydrogen-bond donors (Lipinski definition) is 2. The fourth-order valence-corrected chi connectivity index (χ4v) is 4.14. The number of carbonyl (C=O) groups excluding carboxylic acids is 1. The first-order valence-electron chi connectivity index (χ1n) is 11.5. The molecule has 1 fully saturated rings. The number of anilines is 1. The minimum Gasteiger partial charge on any atom is -0.506 e. The Bertz CT molecular complexity index is 1540. The minimum atomic E-state index is -5.15. The number of amides is 1. The number of benzene rings is 1. The number of piperazine rings is 1. The van der Waals surface area contributed by atoms with E-state index in [1.54, 1.807) is 11.8 Å². The van der Waals surface area contributed by atoms with Crippen molar-refractivity contribution in [3.05, 3.63) is 70.6 Å². The summed E-state index contributed by atoms with van der Waals surface area (Å²) in [6, 6.07) is 2.99. The molecule has 3 heterocycles. The van der Waals surface area contributed by atoms with Gasteiger partial charge in [-0.1, -0.05) is 12.6 Å². The van der Waals surface area contributed by atoms with Gasteiger partial charge in [0.25, 0.3) is 5.56 Å².